The number of imide groups is 1. The van der Waals surface area contributed by atoms with Crippen molar-refractivity contribution in [3.8, 4) is 0 Å². The Morgan fingerprint density at radius 3 is 2.33 bits per heavy atom. The molecule has 1 aliphatic heterocycles. The van der Waals surface area contributed by atoms with Crippen molar-refractivity contribution in [2.45, 2.75) is 12.3 Å². The minimum absolute atomic E-state index is 0.309. The van der Waals surface area contributed by atoms with E-state index in [2.05, 4.69) is 0 Å². The zero-order valence-electron chi connectivity index (χ0n) is 8.14. The van der Waals surface area contributed by atoms with Gasteiger partial charge in [0.25, 0.3) is 11.1 Å². The predicted molar refractivity (Wildman–Crippen MR) is 59.6 cm³/mol. The molecule has 1 heterocycles. The van der Waals surface area contributed by atoms with E-state index in [1.165, 1.54) is 0 Å². The molecule has 2 amide bonds. The molecule has 0 radical (unpaired) electrons. The van der Waals surface area contributed by atoms with Gasteiger partial charge < -0.3 is 5.73 Å². The van der Waals surface area contributed by atoms with Crippen molar-refractivity contribution in [2.75, 3.05) is 4.90 Å². The standard InChI is InChI=1S/C10H10N2O2S/c1-6-2-4-7(5-3-6)12-9(13)8(11)15-10(12)14/h2-5,8H,11H2,1H3. The quantitative estimate of drug-likeness (QED) is 0.781. The fourth-order valence-corrected chi connectivity index (χ4v) is 2.08. The van der Waals surface area contributed by atoms with Crippen molar-refractivity contribution < 1.29 is 9.59 Å². The average molecular weight is 222 g/mol. The fraction of sp³-hybridized carbons (Fsp3) is 0.200. The van der Waals surface area contributed by atoms with Crippen LogP contribution >= 0.6 is 11.8 Å². The van der Waals surface area contributed by atoms with Crippen molar-refractivity contribution in [1.29, 1.82) is 0 Å². The van der Waals surface area contributed by atoms with Gasteiger partial charge in [0.2, 0.25) is 0 Å². The van der Waals surface area contributed by atoms with Crippen molar-refractivity contribution in [1.82, 2.24) is 0 Å². The second-order valence-corrected chi connectivity index (χ2v) is 4.41. The molecule has 0 aromatic heterocycles. The van der Waals surface area contributed by atoms with Crippen molar-refractivity contribution in [3.05, 3.63) is 29.8 Å². The summed E-state index contributed by atoms with van der Waals surface area (Å²) in [4.78, 5) is 24.1. The highest BCUT2D eigenvalue weighted by atomic mass is 32.2. The number of rotatable bonds is 1. The molecular weight excluding hydrogens is 212 g/mol. The van der Waals surface area contributed by atoms with Gasteiger partial charge in [0.15, 0.2) is 0 Å². The topological polar surface area (TPSA) is 63.4 Å². The number of carbonyl (C=O) groups excluding carboxylic acids is 2. The molecule has 1 aromatic rings. The SMILES string of the molecule is Cc1ccc(N2C(=O)SC(N)C2=O)cc1. The van der Waals surface area contributed by atoms with Gasteiger partial charge in [-0.3, -0.25) is 9.59 Å². The Labute approximate surface area is 91.4 Å². The molecule has 1 saturated heterocycles. The monoisotopic (exact) mass is 222 g/mol. The lowest BCUT2D eigenvalue weighted by molar-refractivity contribution is -0.116. The molecule has 1 atom stereocenters. The highest BCUT2D eigenvalue weighted by molar-refractivity contribution is 8.15. The number of aryl methyl sites for hydroxylation is 1. The van der Waals surface area contributed by atoms with E-state index in [1.54, 1.807) is 12.1 Å². The molecule has 1 aliphatic rings. The first-order valence-corrected chi connectivity index (χ1v) is 5.34. The number of carbonyl (C=O) groups is 2. The van der Waals surface area contributed by atoms with Crippen LogP contribution in [-0.4, -0.2) is 16.5 Å². The summed E-state index contributed by atoms with van der Waals surface area (Å²) in [6.45, 7) is 1.94. The average Bonchev–Trinajstić information content (AvgIpc) is 2.44. The third-order valence-electron chi connectivity index (χ3n) is 2.17. The normalized spacial score (nSPS) is 21.2. The first kappa shape index (κ1) is 10.2. The summed E-state index contributed by atoms with van der Waals surface area (Å²) in [5, 5.41) is -1.07. The van der Waals surface area contributed by atoms with Crippen LogP contribution in [0, 0.1) is 6.92 Å². The Morgan fingerprint density at radius 1 is 1.27 bits per heavy atom. The Hall–Kier alpha value is -1.33. The second-order valence-electron chi connectivity index (χ2n) is 3.31. The van der Waals surface area contributed by atoms with Crippen molar-refractivity contribution in [3.63, 3.8) is 0 Å². The molecule has 4 nitrogen and oxygen atoms in total. The van der Waals surface area contributed by atoms with Gasteiger partial charge in [0, 0.05) is 0 Å². The van der Waals surface area contributed by atoms with Crippen molar-refractivity contribution >= 4 is 28.6 Å². The van der Waals surface area contributed by atoms with Gasteiger partial charge in [-0.1, -0.05) is 17.7 Å². The summed E-state index contributed by atoms with van der Waals surface area (Å²) in [5.41, 5.74) is 7.14. The van der Waals surface area contributed by atoms with E-state index in [0.717, 1.165) is 22.2 Å². The molecule has 1 aromatic carbocycles. The van der Waals surface area contributed by atoms with Gasteiger partial charge in [-0.2, -0.15) is 0 Å². The van der Waals surface area contributed by atoms with Crippen molar-refractivity contribution in [2.24, 2.45) is 5.73 Å². The lowest BCUT2D eigenvalue weighted by Gasteiger charge is -2.12. The number of anilines is 1. The van der Waals surface area contributed by atoms with Crippen LogP contribution in [0.15, 0.2) is 24.3 Å². The summed E-state index contributed by atoms with van der Waals surface area (Å²) in [6.07, 6.45) is 0. The van der Waals surface area contributed by atoms with E-state index >= 15 is 0 Å². The molecule has 78 valence electrons. The van der Waals surface area contributed by atoms with Crippen LogP contribution < -0.4 is 10.6 Å². The van der Waals surface area contributed by atoms with Crippen LogP contribution in [0.4, 0.5) is 10.5 Å². The minimum Gasteiger partial charge on any atom is -0.311 e. The summed E-state index contributed by atoms with van der Waals surface area (Å²) in [6, 6.07) is 7.18. The predicted octanol–water partition coefficient (Wildman–Crippen LogP) is 1.48. The molecule has 0 aliphatic carbocycles. The third-order valence-corrected chi connectivity index (χ3v) is 3.01. The molecule has 1 unspecified atom stereocenters. The Morgan fingerprint density at radius 2 is 1.87 bits per heavy atom. The second kappa shape index (κ2) is 3.67. The number of hydrogen-bond donors (Lipinski definition) is 1. The number of nitrogens with two attached hydrogens (primary N) is 1. The van der Waals surface area contributed by atoms with Crippen LogP contribution in [-0.2, 0) is 4.79 Å². The van der Waals surface area contributed by atoms with Crippen LogP contribution in [0.2, 0.25) is 0 Å². The number of nitrogens with zero attached hydrogens (tertiary/aromatic N) is 1. The first-order chi connectivity index (χ1) is 7.09. The van der Waals surface area contributed by atoms with Crippen LogP contribution in [0.1, 0.15) is 5.56 Å². The molecule has 0 spiro atoms. The van der Waals surface area contributed by atoms with E-state index in [1.807, 2.05) is 19.1 Å². The molecule has 1 fully saturated rings. The summed E-state index contributed by atoms with van der Waals surface area (Å²) >= 11 is 0.851. The lowest BCUT2D eigenvalue weighted by atomic mass is 10.2. The molecule has 5 heteroatoms. The van der Waals surface area contributed by atoms with Gasteiger partial charge in [-0.25, -0.2) is 4.90 Å². The molecular formula is C10H10N2O2S. The Balaban J connectivity index is 2.35. The zero-order chi connectivity index (χ0) is 11.0. The number of benzene rings is 1. The van der Waals surface area contributed by atoms with E-state index in [0.29, 0.717) is 5.69 Å². The minimum atomic E-state index is -0.765. The molecule has 0 saturated carbocycles. The smallest absolute Gasteiger partial charge is 0.294 e. The Kier molecular flexibility index (Phi) is 2.50. The number of thioether (sulfide) groups is 1. The maximum absolute atomic E-state index is 11.6. The fourth-order valence-electron chi connectivity index (χ4n) is 1.36. The third kappa shape index (κ3) is 1.75. The van der Waals surface area contributed by atoms with Gasteiger partial charge in [-0.15, -0.1) is 0 Å². The molecule has 0 bridgehead atoms. The summed E-state index contributed by atoms with van der Waals surface area (Å²) in [7, 11) is 0. The first-order valence-electron chi connectivity index (χ1n) is 4.46. The largest absolute Gasteiger partial charge is 0.311 e. The molecule has 2 rings (SSSR count). The van der Waals surface area contributed by atoms with Gasteiger partial charge in [0.1, 0.15) is 5.37 Å². The van der Waals surface area contributed by atoms with Crippen LogP contribution in [0.5, 0.6) is 0 Å². The summed E-state index contributed by atoms with van der Waals surface area (Å²) in [5.74, 6) is -0.353. The van der Waals surface area contributed by atoms with E-state index in [-0.39, 0.29) is 11.1 Å². The van der Waals surface area contributed by atoms with E-state index in [4.69, 9.17) is 5.73 Å². The zero-order valence-corrected chi connectivity index (χ0v) is 8.95. The highest BCUT2D eigenvalue weighted by Crippen LogP contribution is 2.29. The van der Waals surface area contributed by atoms with Gasteiger partial charge >= 0.3 is 0 Å². The lowest BCUT2D eigenvalue weighted by Crippen LogP contribution is -2.34. The van der Waals surface area contributed by atoms with Gasteiger partial charge in [-0.05, 0) is 30.8 Å². The number of amides is 2. The van der Waals surface area contributed by atoms with Gasteiger partial charge in [0.05, 0.1) is 5.69 Å². The molecule has 2 N–H and O–H groups in total. The maximum atomic E-state index is 11.6. The maximum Gasteiger partial charge on any atom is 0.294 e. The number of hydrogen-bond acceptors (Lipinski definition) is 4. The Bertz CT molecular complexity index is 416. The van der Waals surface area contributed by atoms with Crippen LogP contribution in [0.25, 0.3) is 0 Å². The summed E-state index contributed by atoms with van der Waals surface area (Å²) < 4.78 is 0. The van der Waals surface area contributed by atoms with Crippen LogP contribution in [0.3, 0.4) is 0 Å². The molecule has 15 heavy (non-hydrogen) atoms. The van der Waals surface area contributed by atoms with E-state index < -0.39 is 5.37 Å². The highest BCUT2D eigenvalue weighted by Gasteiger charge is 2.38. The van der Waals surface area contributed by atoms with E-state index in [9.17, 15) is 9.59 Å².